The Hall–Kier alpha value is -2.49. The summed E-state index contributed by atoms with van der Waals surface area (Å²) in [5.74, 6) is 1.21. The van der Waals surface area contributed by atoms with Crippen LogP contribution in [0.2, 0.25) is 0 Å². The van der Waals surface area contributed by atoms with E-state index in [1.807, 2.05) is 30.5 Å². The molecule has 3 nitrogen and oxygen atoms in total. The number of hydrogen-bond acceptors (Lipinski definition) is 2. The van der Waals surface area contributed by atoms with Gasteiger partial charge in [-0.15, -0.1) is 0 Å². The summed E-state index contributed by atoms with van der Waals surface area (Å²) in [6.45, 7) is 0.372. The maximum Gasteiger partial charge on any atom is 0.123 e. The van der Waals surface area contributed by atoms with Crippen LogP contribution in [0.4, 0.5) is 4.39 Å². The van der Waals surface area contributed by atoms with Crippen LogP contribution in [0.15, 0.2) is 48.7 Å². The van der Waals surface area contributed by atoms with Crippen molar-refractivity contribution in [1.82, 2.24) is 4.98 Å². The Morgan fingerprint density at radius 3 is 2.80 bits per heavy atom. The highest BCUT2D eigenvalue weighted by Gasteiger charge is 2.06. The number of nitrogens with one attached hydrogen (secondary N) is 1. The van der Waals surface area contributed by atoms with Crippen LogP contribution in [0.25, 0.3) is 10.9 Å². The van der Waals surface area contributed by atoms with Crippen molar-refractivity contribution in [2.75, 3.05) is 7.11 Å². The minimum absolute atomic E-state index is 0.250. The number of aromatic amines is 1. The van der Waals surface area contributed by atoms with Gasteiger partial charge < -0.3 is 14.5 Å². The van der Waals surface area contributed by atoms with E-state index in [0.29, 0.717) is 6.61 Å². The number of benzene rings is 2. The van der Waals surface area contributed by atoms with Gasteiger partial charge in [0.1, 0.15) is 23.9 Å². The molecule has 2 aromatic carbocycles. The molecular weight excluding hydrogens is 257 g/mol. The molecule has 0 aliphatic carbocycles. The van der Waals surface area contributed by atoms with Crippen molar-refractivity contribution >= 4 is 10.9 Å². The van der Waals surface area contributed by atoms with E-state index in [2.05, 4.69) is 4.98 Å². The topological polar surface area (TPSA) is 34.2 Å². The summed E-state index contributed by atoms with van der Waals surface area (Å²) in [5, 5.41) is 0.841. The molecule has 0 spiro atoms. The summed E-state index contributed by atoms with van der Waals surface area (Å²) in [6.07, 6.45) is 1.84. The van der Waals surface area contributed by atoms with Crippen molar-refractivity contribution in [2.45, 2.75) is 6.61 Å². The summed E-state index contributed by atoms with van der Waals surface area (Å²) in [6, 6.07) is 12.1. The van der Waals surface area contributed by atoms with E-state index in [1.165, 1.54) is 12.1 Å². The van der Waals surface area contributed by atoms with Gasteiger partial charge >= 0.3 is 0 Å². The lowest BCUT2D eigenvalue weighted by molar-refractivity contribution is 0.305. The largest absolute Gasteiger partial charge is 0.497 e. The summed E-state index contributed by atoms with van der Waals surface area (Å²) < 4.78 is 24.1. The minimum Gasteiger partial charge on any atom is -0.497 e. The fourth-order valence-electron chi connectivity index (χ4n) is 2.12. The van der Waals surface area contributed by atoms with E-state index >= 15 is 0 Å². The molecule has 0 atom stereocenters. The van der Waals surface area contributed by atoms with E-state index < -0.39 is 0 Å². The molecule has 4 heteroatoms. The van der Waals surface area contributed by atoms with Gasteiger partial charge in [0.2, 0.25) is 0 Å². The Bertz CT molecular complexity index is 736. The van der Waals surface area contributed by atoms with E-state index in [4.69, 9.17) is 9.47 Å². The first-order chi connectivity index (χ1) is 9.76. The molecule has 0 unspecified atom stereocenters. The first-order valence-corrected chi connectivity index (χ1v) is 6.28. The molecule has 102 valence electrons. The van der Waals surface area contributed by atoms with Crippen LogP contribution in [-0.2, 0) is 6.61 Å². The molecule has 1 heterocycles. The zero-order chi connectivity index (χ0) is 13.9. The summed E-state index contributed by atoms with van der Waals surface area (Å²) >= 11 is 0. The summed E-state index contributed by atoms with van der Waals surface area (Å²) in [7, 11) is 1.61. The van der Waals surface area contributed by atoms with Gasteiger partial charge in [-0.2, -0.15) is 0 Å². The van der Waals surface area contributed by atoms with Gasteiger partial charge in [-0.3, -0.25) is 0 Å². The molecule has 3 aromatic rings. The highest BCUT2D eigenvalue weighted by atomic mass is 19.1. The van der Waals surface area contributed by atoms with E-state index in [-0.39, 0.29) is 5.82 Å². The average molecular weight is 271 g/mol. The molecule has 3 rings (SSSR count). The maximum absolute atomic E-state index is 13.3. The van der Waals surface area contributed by atoms with Crippen molar-refractivity contribution in [3.63, 3.8) is 0 Å². The number of ether oxygens (including phenoxy) is 2. The Labute approximate surface area is 116 Å². The lowest BCUT2D eigenvalue weighted by Gasteiger charge is -2.07. The number of rotatable bonds is 4. The van der Waals surface area contributed by atoms with Crippen molar-refractivity contribution in [3.05, 3.63) is 60.0 Å². The second-order valence-corrected chi connectivity index (χ2v) is 4.47. The zero-order valence-electron chi connectivity index (χ0n) is 11.0. The third kappa shape index (κ3) is 2.45. The second kappa shape index (κ2) is 5.25. The van der Waals surface area contributed by atoms with Crippen molar-refractivity contribution in [3.8, 4) is 11.5 Å². The third-order valence-corrected chi connectivity index (χ3v) is 3.17. The van der Waals surface area contributed by atoms with Crippen LogP contribution in [0.3, 0.4) is 0 Å². The highest BCUT2D eigenvalue weighted by Crippen LogP contribution is 2.23. The van der Waals surface area contributed by atoms with E-state index in [1.54, 1.807) is 13.2 Å². The molecule has 0 fully saturated rings. The fourth-order valence-corrected chi connectivity index (χ4v) is 2.12. The van der Waals surface area contributed by atoms with E-state index in [0.717, 1.165) is 28.0 Å². The standard InChI is InChI=1S/C16H14FNO2/c1-19-13-3-2-4-14(8-13)20-10-11-9-18-16-6-5-12(17)7-15(11)16/h2-9,18H,10H2,1H3. The van der Waals surface area contributed by atoms with Crippen molar-refractivity contribution in [2.24, 2.45) is 0 Å². The van der Waals surface area contributed by atoms with Gasteiger partial charge in [0, 0.05) is 28.7 Å². The van der Waals surface area contributed by atoms with Gasteiger partial charge in [-0.05, 0) is 30.3 Å². The number of halogens is 1. The molecule has 0 amide bonds. The van der Waals surface area contributed by atoms with Gasteiger partial charge in [-0.1, -0.05) is 6.07 Å². The molecule has 0 aliphatic rings. The van der Waals surface area contributed by atoms with Gasteiger partial charge in [0.25, 0.3) is 0 Å². The Morgan fingerprint density at radius 2 is 1.95 bits per heavy atom. The number of fused-ring (bicyclic) bond motifs is 1. The van der Waals surface area contributed by atoms with Gasteiger partial charge in [-0.25, -0.2) is 4.39 Å². The second-order valence-electron chi connectivity index (χ2n) is 4.47. The molecular formula is C16H14FNO2. The maximum atomic E-state index is 13.3. The monoisotopic (exact) mass is 271 g/mol. The Balaban J connectivity index is 1.81. The van der Waals surface area contributed by atoms with Crippen LogP contribution in [-0.4, -0.2) is 12.1 Å². The SMILES string of the molecule is COc1cccc(OCc2c[nH]c3ccc(F)cc23)c1. The minimum atomic E-state index is -0.250. The van der Waals surface area contributed by atoms with Crippen molar-refractivity contribution < 1.29 is 13.9 Å². The first kappa shape index (κ1) is 12.5. The van der Waals surface area contributed by atoms with Gasteiger partial charge in [0.15, 0.2) is 0 Å². The molecule has 0 aliphatic heterocycles. The lowest BCUT2D eigenvalue weighted by atomic mass is 10.2. The Kier molecular flexibility index (Phi) is 3.29. The first-order valence-electron chi connectivity index (χ1n) is 6.28. The third-order valence-electron chi connectivity index (χ3n) is 3.17. The number of methoxy groups -OCH3 is 1. The molecule has 1 aromatic heterocycles. The van der Waals surface area contributed by atoms with Crippen LogP contribution in [0, 0.1) is 5.82 Å². The number of hydrogen-bond donors (Lipinski definition) is 1. The summed E-state index contributed by atoms with van der Waals surface area (Å²) in [4.78, 5) is 3.10. The quantitative estimate of drug-likeness (QED) is 0.781. The molecule has 20 heavy (non-hydrogen) atoms. The fraction of sp³-hybridized carbons (Fsp3) is 0.125. The predicted octanol–water partition coefficient (Wildman–Crippen LogP) is 3.89. The van der Waals surface area contributed by atoms with Crippen LogP contribution in [0.5, 0.6) is 11.5 Å². The summed E-state index contributed by atoms with van der Waals surface area (Å²) in [5.41, 5.74) is 1.82. The van der Waals surface area contributed by atoms with Crippen LogP contribution in [0.1, 0.15) is 5.56 Å². The van der Waals surface area contributed by atoms with Crippen LogP contribution >= 0.6 is 0 Å². The number of aromatic nitrogens is 1. The normalized spacial score (nSPS) is 10.7. The zero-order valence-corrected chi connectivity index (χ0v) is 11.0. The highest BCUT2D eigenvalue weighted by molar-refractivity contribution is 5.83. The Morgan fingerprint density at radius 1 is 1.10 bits per heavy atom. The average Bonchev–Trinajstić information content (AvgIpc) is 2.87. The van der Waals surface area contributed by atoms with E-state index in [9.17, 15) is 4.39 Å². The number of H-pyrrole nitrogens is 1. The smallest absolute Gasteiger partial charge is 0.123 e. The molecule has 0 saturated heterocycles. The molecule has 1 N–H and O–H groups in total. The predicted molar refractivity (Wildman–Crippen MR) is 75.6 cm³/mol. The van der Waals surface area contributed by atoms with Crippen molar-refractivity contribution in [1.29, 1.82) is 0 Å². The lowest BCUT2D eigenvalue weighted by Crippen LogP contribution is -1.95. The van der Waals surface area contributed by atoms with Crippen LogP contribution < -0.4 is 9.47 Å². The molecule has 0 saturated carbocycles. The molecule has 0 bridgehead atoms. The van der Waals surface area contributed by atoms with Gasteiger partial charge in [0.05, 0.1) is 7.11 Å². The molecule has 0 radical (unpaired) electrons.